The van der Waals surface area contributed by atoms with E-state index in [0.29, 0.717) is 12.1 Å². The number of rotatable bonds is 7. The van der Waals surface area contributed by atoms with E-state index in [4.69, 9.17) is 0 Å². The predicted octanol–water partition coefficient (Wildman–Crippen LogP) is 3.68. The molecule has 1 aromatic carbocycles. The Bertz CT molecular complexity index is 460. The summed E-state index contributed by atoms with van der Waals surface area (Å²) < 4.78 is 0. The second-order valence-electron chi connectivity index (χ2n) is 5.54. The minimum absolute atomic E-state index is 0.451. The number of benzene rings is 1. The molecule has 1 N–H and O–H groups in total. The maximum Gasteiger partial charge on any atom is 0.101 e. The van der Waals surface area contributed by atoms with E-state index >= 15 is 0 Å². The van der Waals surface area contributed by atoms with Gasteiger partial charge in [-0.1, -0.05) is 26.8 Å². The van der Waals surface area contributed by atoms with Gasteiger partial charge in [0.2, 0.25) is 0 Å². The first-order chi connectivity index (χ1) is 9.53. The highest BCUT2D eigenvalue weighted by Crippen LogP contribution is 2.24. The summed E-state index contributed by atoms with van der Waals surface area (Å²) in [5.74, 6) is 0. The van der Waals surface area contributed by atoms with Crippen LogP contribution in [0.4, 0.5) is 5.69 Å². The van der Waals surface area contributed by atoms with Gasteiger partial charge in [-0.2, -0.15) is 5.26 Å². The summed E-state index contributed by atoms with van der Waals surface area (Å²) >= 11 is 0. The Morgan fingerprint density at radius 2 is 1.95 bits per heavy atom. The summed E-state index contributed by atoms with van der Waals surface area (Å²) in [5.41, 5.74) is 2.99. The fourth-order valence-corrected chi connectivity index (χ4v) is 2.29. The van der Waals surface area contributed by atoms with Gasteiger partial charge in [-0.05, 0) is 38.0 Å². The lowest BCUT2D eigenvalue weighted by Crippen LogP contribution is -2.33. The molecule has 1 atom stereocenters. The third-order valence-corrected chi connectivity index (χ3v) is 3.67. The molecule has 1 unspecified atom stereocenters. The lowest BCUT2D eigenvalue weighted by Gasteiger charge is -2.30. The van der Waals surface area contributed by atoms with Gasteiger partial charge in [-0.15, -0.1) is 0 Å². The molecule has 0 bridgehead atoms. The molecular formula is C17H27N3. The first kappa shape index (κ1) is 16.5. The number of anilines is 1. The van der Waals surface area contributed by atoms with Crippen LogP contribution >= 0.6 is 0 Å². The van der Waals surface area contributed by atoms with Crippen molar-refractivity contribution >= 4 is 5.69 Å². The Labute approximate surface area is 123 Å². The maximum atomic E-state index is 9.42. The minimum Gasteiger partial charge on any atom is -0.368 e. The molecule has 0 aliphatic heterocycles. The SMILES string of the molecule is CCC(C)N(CC)c1ccc(CNC(C)C)cc1C#N. The fourth-order valence-electron chi connectivity index (χ4n) is 2.29. The van der Waals surface area contributed by atoms with E-state index < -0.39 is 0 Å². The van der Waals surface area contributed by atoms with Gasteiger partial charge in [-0.3, -0.25) is 0 Å². The first-order valence-electron chi connectivity index (χ1n) is 7.56. The van der Waals surface area contributed by atoms with Gasteiger partial charge in [0.25, 0.3) is 0 Å². The molecule has 0 spiro atoms. The summed E-state index contributed by atoms with van der Waals surface area (Å²) in [6.45, 7) is 12.5. The molecule has 1 aromatic rings. The lowest BCUT2D eigenvalue weighted by molar-refractivity contribution is 0.588. The van der Waals surface area contributed by atoms with Crippen LogP contribution in [0.2, 0.25) is 0 Å². The Balaban J connectivity index is 3.01. The van der Waals surface area contributed by atoms with Gasteiger partial charge in [0.1, 0.15) is 6.07 Å². The van der Waals surface area contributed by atoms with E-state index in [2.05, 4.69) is 63.0 Å². The van der Waals surface area contributed by atoms with Gasteiger partial charge in [0, 0.05) is 25.2 Å². The van der Waals surface area contributed by atoms with Crippen LogP contribution in [0, 0.1) is 11.3 Å². The average Bonchev–Trinajstić information content (AvgIpc) is 2.46. The van der Waals surface area contributed by atoms with Crippen LogP contribution in [0.1, 0.15) is 52.2 Å². The Kier molecular flexibility index (Phi) is 6.54. The quantitative estimate of drug-likeness (QED) is 0.823. The van der Waals surface area contributed by atoms with Crippen LogP contribution in [0.5, 0.6) is 0 Å². The van der Waals surface area contributed by atoms with Crippen LogP contribution < -0.4 is 10.2 Å². The zero-order valence-corrected chi connectivity index (χ0v) is 13.4. The molecule has 110 valence electrons. The maximum absolute atomic E-state index is 9.42. The molecular weight excluding hydrogens is 246 g/mol. The second kappa shape index (κ2) is 7.91. The number of nitrogens with zero attached hydrogens (tertiary/aromatic N) is 2. The molecule has 0 heterocycles. The Hall–Kier alpha value is -1.53. The van der Waals surface area contributed by atoms with E-state index in [-0.39, 0.29) is 0 Å². The largest absolute Gasteiger partial charge is 0.368 e. The molecule has 1 rings (SSSR count). The Morgan fingerprint density at radius 1 is 1.25 bits per heavy atom. The fraction of sp³-hybridized carbons (Fsp3) is 0.588. The molecule has 3 heteroatoms. The molecule has 0 saturated heterocycles. The minimum atomic E-state index is 0.451. The van der Waals surface area contributed by atoms with Crippen molar-refractivity contribution in [2.45, 2.75) is 59.7 Å². The molecule has 0 aliphatic carbocycles. The van der Waals surface area contributed by atoms with Crippen molar-refractivity contribution < 1.29 is 0 Å². The van der Waals surface area contributed by atoms with Gasteiger partial charge in [0.05, 0.1) is 11.3 Å². The molecule has 0 saturated carbocycles. The van der Waals surface area contributed by atoms with Crippen LogP contribution in [0.25, 0.3) is 0 Å². The first-order valence-corrected chi connectivity index (χ1v) is 7.56. The molecule has 0 amide bonds. The van der Waals surface area contributed by atoms with Gasteiger partial charge in [-0.25, -0.2) is 0 Å². The average molecular weight is 273 g/mol. The summed E-state index contributed by atoms with van der Waals surface area (Å²) in [5, 5.41) is 12.8. The smallest absolute Gasteiger partial charge is 0.101 e. The highest BCUT2D eigenvalue weighted by Gasteiger charge is 2.15. The van der Waals surface area contributed by atoms with Gasteiger partial charge in [0.15, 0.2) is 0 Å². The zero-order chi connectivity index (χ0) is 15.1. The topological polar surface area (TPSA) is 39.1 Å². The van der Waals surface area contributed by atoms with Crippen LogP contribution in [-0.4, -0.2) is 18.6 Å². The molecule has 0 aromatic heterocycles. The highest BCUT2D eigenvalue weighted by molar-refractivity contribution is 5.61. The number of hydrogen-bond acceptors (Lipinski definition) is 3. The van der Waals surface area contributed by atoms with Crippen molar-refractivity contribution in [1.29, 1.82) is 5.26 Å². The highest BCUT2D eigenvalue weighted by atomic mass is 15.2. The molecule has 0 radical (unpaired) electrons. The van der Waals surface area contributed by atoms with Gasteiger partial charge >= 0.3 is 0 Å². The zero-order valence-electron chi connectivity index (χ0n) is 13.4. The van der Waals surface area contributed by atoms with Crippen molar-refractivity contribution in [2.75, 3.05) is 11.4 Å². The normalized spacial score (nSPS) is 12.2. The van der Waals surface area contributed by atoms with Crippen molar-refractivity contribution in [3.63, 3.8) is 0 Å². The van der Waals surface area contributed by atoms with Crippen LogP contribution in [0.15, 0.2) is 18.2 Å². The molecule has 20 heavy (non-hydrogen) atoms. The van der Waals surface area contributed by atoms with E-state index in [1.165, 1.54) is 5.56 Å². The standard InChI is InChI=1S/C17H27N3/c1-6-14(5)20(7-2)17-9-8-15(10-16(17)11-18)12-19-13(3)4/h8-10,13-14,19H,6-7,12H2,1-5H3. The van der Waals surface area contributed by atoms with Gasteiger partial charge < -0.3 is 10.2 Å². The summed E-state index contributed by atoms with van der Waals surface area (Å²) in [7, 11) is 0. The third kappa shape index (κ3) is 4.25. The van der Waals surface area contributed by atoms with Crippen molar-refractivity contribution in [3.8, 4) is 6.07 Å². The number of nitriles is 1. The van der Waals surface area contributed by atoms with Crippen molar-refractivity contribution in [2.24, 2.45) is 0 Å². The van der Waals surface area contributed by atoms with Crippen LogP contribution in [0.3, 0.4) is 0 Å². The van der Waals surface area contributed by atoms with Crippen LogP contribution in [-0.2, 0) is 6.54 Å². The Morgan fingerprint density at radius 3 is 2.45 bits per heavy atom. The third-order valence-electron chi connectivity index (χ3n) is 3.67. The van der Waals surface area contributed by atoms with E-state index in [1.807, 2.05) is 6.07 Å². The van der Waals surface area contributed by atoms with Crippen molar-refractivity contribution in [3.05, 3.63) is 29.3 Å². The molecule has 0 aliphatic rings. The summed E-state index contributed by atoms with van der Waals surface area (Å²) in [6, 6.07) is 9.47. The van der Waals surface area contributed by atoms with E-state index in [1.54, 1.807) is 0 Å². The van der Waals surface area contributed by atoms with E-state index in [9.17, 15) is 5.26 Å². The van der Waals surface area contributed by atoms with Crippen molar-refractivity contribution in [1.82, 2.24) is 5.32 Å². The summed E-state index contributed by atoms with van der Waals surface area (Å²) in [6.07, 6.45) is 1.08. The van der Waals surface area contributed by atoms with E-state index in [0.717, 1.165) is 30.8 Å². The monoisotopic (exact) mass is 273 g/mol. The molecule has 0 fully saturated rings. The molecule has 3 nitrogen and oxygen atoms in total. The predicted molar refractivity (Wildman–Crippen MR) is 85.9 cm³/mol. The second-order valence-corrected chi connectivity index (χ2v) is 5.54. The number of nitrogens with one attached hydrogen (secondary N) is 1. The number of hydrogen-bond donors (Lipinski definition) is 1. The lowest BCUT2D eigenvalue weighted by atomic mass is 10.1. The summed E-state index contributed by atoms with van der Waals surface area (Å²) in [4.78, 5) is 2.30.